The van der Waals surface area contributed by atoms with E-state index in [2.05, 4.69) is 10.3 Å². The van der Waals surface area contributed by atoms with Gasteiger partial charge >= 0.3 is 0 Å². The molecular formula is C20H26N4O3. The molecule has 0 radical (unpaired) electrons. The second kappa shape index (κ2) is 8.81. The Hall–Kier alpha value is -2.67. The number of benzene rings is 1. The number of hydrogen-bond acceptors (Lipinski definition) is 5. The monoisotopic (exact) mass is 370 g/mol. The molecule has 0 spiro atoms. The first-order valence-corrected chi connectivity index (χ1v) is 9.33. The topological polar surface area (TPSA) is 76.5 Å². The van der Waals surface area contributed by atoms with Gasteiger partial charge in [-0.25, -0.2) is 4.98 Å². The van der Waals surface area contributed by atoms with Crippen LogP contribution in [-0.4, -0.2) is 52.4 Å². The van der Waals surface area contributed by atoms with Crippen molar-refractivity contribution in [3.63, 3.8) is 0 Å². The van der Waals surface area contributed by atoms with Crippen LogP contribution in [0.5, 0.6) is 5.75 Å². The molecular weight excluding hydrogens is 344 g/mol. The van der Waals surface area contributed by atoms with Crippen LogP contribution in [0.2, 0.25) is 0 Å². The Labute approximate surface area is 159 Å². The van der Waals surface area contributed by atoms with E-state index in [1.807, 2.05) is 29.6 Å². The first kappa shape index (κ1) is 19.1. The Kier molecular flexibility index (Phi) is 6.24. The molecule has 1 atom stereocenters. The number of Topliss-reactive ketones (excluding diaryl/α,β-unsaturated/α-hetero) is 1. The Morgan fingerprint density at radius 3 is 2.70 bits per heavy atom. The maximum absolute atomic E-state index is 12.8. The normalized spacial score (nSPS) is 17.0. The third-order valence-corrected chi connectivity index (χ3v) is 4.77. The molecule has 2 heterocycles. The Balaban J connectivity index is 1.60. The van der Waals surface area contributed by atoms with Crippen molar-refractivity contribution in [2.75, 3.05) is 26.2 Å². The van der Waals surface area contributed by atoms with Crippen LogP contribution in [0.25, 0.3) is 0 Å². The Morgan fingerprint density at radius 2 is 2.04 bits per heavy atom. The van der Waals surface area contributed by atoms with Crippen molar-refractivity contribution < 1.29 is 14.3 Å². The zero-order valence-corrected chi connectivity index (χ0v) is 15.9. The van der Waals surface area contributed by atoms with Gasteiger partial charge in [0, 0.05) is 57.5 Å². The van der Waals surface area contributed by atoms with Gasteiger partial charge in [0.05, 0.1) is 6.61 Å². The predicted molar refractivity (Wildman–Crippen MR) is 102 cm³/mol. The number of ether oxygens (including phenoxy) is 1. The first-order chi connectivity index (χ1) is 13.1. The molecule has 1 N–H and O–H groups in total. The third kappa shape index (κ3) is 4.54. The lowest BCUT2D eigenvalue weighted by atomic mass is 10.0. The van der Waals surface area contributed by atoms with Crippen molar-refractivity contribution >= 4 is 11.7 Å². The van der Waals surface area contributed by atoms with Gasteiger partial charge in [0.2, 0.25) is 5.91 Å². The standard InChI is InChI=1S/C20H26N4O3/c1-3-27-16-6-4-15(5-7-16)18(25)8-9-19(26)24-13-10-21-14-17(24)20-22-11-12-23(20)2/h4-7,11-12,17,21H,3,8-10,13-14H2,1-2H3. The maximum atomic E-state index is 12.8. The van der Waals surface area contributed by atoms with E-state index in [1.165, 1.54) is 0 Å². The number of ketones is 1. The van der Waals surface area contributed by atoms with Crippen LogP contribution in [0, 0.1) is 0 Å². The highest BCUT2D eigenvalue weighted by atomic mass is 16.5. The van der Waals surface area contributed by atoms with Crippen molar-refractivity contribution in [3.05, 3.63) is 48.0 Å². The SMILES string of the molecule is CCOc1ccc(C(=O)CCC(=O)N2CCNCC2c2nccn2C)cc1. The van der Waals surface area contributed by atoms with Gasteiger partial charge in [0.1, 0.15) is 17.6 Å². The van der Waals surface area contributed by atoms with Crippen LogP contribution < -0.4 is 10.1 Å². The van der Waals surface area contributed by atoms with Gasteiger partial charge in [-0.15, -0.1) is 0 Å². The number of nitrogens with zero attached hydrogens (tertiary/aromatic N) is 3. The fraction of sp³-hybridized carbons (Fsp3) is 0.450. The highest BCUT2D eigenvalue weighted by Gasteiger charge is 2.30. The molecule has 7 heteroatoms. The lowest BCUT2D eigenvalue weighted by molar-refractivity contribution is -0.134. The maximum Gasteiger partial charge on any atom is 0.223 e. The largest absolute Gasteiger partial charge is 0.494 e. The van der Waals surface area contributed by atoms with E-state index in [0.29, 0.717) is 25.3 Å². The average Bonchev–Trinajstić information content (AvgIpc) is 3.12. The smallest absolute Gasteiger partial charge is 0.223 e. The average molecular weight is 370 g/mol. The van der Waals surface area contributed by atoms with Crippen molar-refractivity contribution in [3.8, 4) is 5.75 Å². The van der Waals surface area contributed by atoms with Crippen LogP contribution in [0.3, 0.4) is 0 Å². The fourth-order valence-electron chi connectivity index (χ4n) is 3.34. The molecule has 1 aromatic heterocycles. The minimum absolute atomic E-state index is 0.0104. The summed E-state index contributed by atoms with van der Waals surface area (Å²) >= 11 is 0. The van der Waals surface area contributed by atoms with Crippen molar-refractivity contribution in [1.29, 1.82) is 0 Å². The van der Waals surface area contributed by atoms with Gasteiger partial charge in [-0.3, -0.25) is 9.59 Å². The number of amides is 1. The van der Waals surface area contributed by atoms with E-state index in [4.69, 9.17) is 4.74 Å². The molecule has 0 bridgehead atoms. The highest BCUT2D eigenvalue weighted by Crippen LogP contribution is 2.22. The number of aromatic nitrogens is 2. The number of imidazole rings is 1. The van der Waals surface area contributed by atoms with Crippen LogP contribution >= 0.6 is 0 Å². The molecule has 1 fully saturated rings. The van der Waals surface area contributed by atoms with E-state index in [1.54, 1.807) is 30.5 Å². The molecule has 7 nitrogen and oxygen atoms in total. The van der Waals surface area contributed by atoms with Crippen molar-refractivity contribution in [1.82, 2.24) is 19.8 Å². The predicted octanol–water partition coefficient (Wildman–Crippen LogP) is 1.95. The zero-order valence-electron chi connectivity index (χ0n) is 15.9. The molecule has 0 aliphatic carbocycles. The minimum atomic E-state index is -0.105. The molecule has 1 saturated heterocycles. The molecule has 0 saturated carbocycles. The van der Waals surface area contributed by atoms with E-state index < -0.39 is 0 Å². The van der Waals surface area contributed by atoms with Crippen molar-refractivity contribution in [2.24, 2.45) is 7.05 Å². The molecule has 2 aromatic rings. The molecule has 1 amide bonds. The highest BCUT2D eigenvalue weighted by molar-refractivity contribution is 5.98. The van der Waals surface area contributed by atoms with Crippen LogP contribution in [0.4, 0.5) is 0 Å². The molecule has 1 aliphatic rings. The summed E-state index contributed by atoms with van der Waals surface area (Å²) in [6, 6.07) is 6.96. The van der Waals surface area contributed by atoms with Gasteiger partial charge in [-0.1, -0.05) is 0 Å². The van der Waals surface area contributed by atoms with E-state index in [9.17, 15) is 9.59 Å². The summed E-state index contributed by atoms with van der Waals surface area (Å²) < 4.78 is 7.32. The molecule has 27 heavy (non-hydrogen) atoms. The molecule has 144 valence electrons. The Bertz CT molecular complexity index is 785. The van der Waals surface area contributed by atoms with E-state index >= 15 is 0 Å². The van der Waals surface area contributed by atoms with Crippen LogP contribution in [-0.2, 0) is 11.8 Å². The summed E-state index contributed by atoms with van der Waals surface area (Å²) in [5.41, 5.74) is 0.604. The van der Waals surface area contributed by atoms with Crippen LogP contribution in [0.15, 0.2) is 36.7 Å². The Morgan fingerprint density at radius 1 is 1.26 bits per heavy atom. The summed E-state index contributed by atoms with van der Waals surface area (Å²) in [6.07, 6.45) is 4.01. The van der Waals surface area contributed by atoms with Crippen LogP contribution in [0.1, 0.15) is 42.0 Å². The van der Waals surface area contributed by atoms with Gasteiger partial charge in [0.15, 0.2) is 5.78 Å². The number of rotatable bonds is 7. The molecule has 1 aliphatic heterocycles. The second-order valence-electron chi connectivity index (χ2n) is 6.58. The van der Waals surface area contributed by atoms with Gasteiger partial charge in [-0.05, 0) is 31.2 Å². The number of carbonyl (C=O) groups is 2. The summed E-state index contributed by atoms with van der Waals surface area (Å²) in [4.78, 5) is 31.4. The minimum Gasteiger partial charge on any atom is -0.494 e. The summed E-state index contributed by atoms with van der Waals surface area (Å²) in [5, 5.41) is 3.32. The zero-order chi connectivity index (χ0) is 19.2. The van der Waals surface area contributed by atoms with E-state index in [-0.39, 0.29) is 30.6 Å². The quantitative estimate of drug-likeness (QED) is 0.754. The third-order valence-electron chi connectivity index (χ3n) is 4.77. The number of nitrogens with one attached hydrogen (secondary N) is 1. The van der Waals surface area contributed by atoms with Crippen molar-refractivity contribution in [2.45, 2.75) is 25.8 Å². The molecule has 1 unspecified atom stereocenters. The summed E-state index contributed by atoms with van der Waals surface area (Å²) in [5.74, 6) is 1.55. The second-order valence-corrected chi connectivity index (χ2v) is 6.58. The molecule has 1 aromatic carbocycles. The number of carbonyl (C=O) groups excluding carboxylic acids is 2. The van der Waals surface area contributed by atoms with Gasteiger partial charge < -0.3 is 19.5 Å². The number of aryl methyl sites for hydroxylation is 1. The fourth-order valence-corrected chi connectivity index (χ4v) is 3.34. The van der Waals surface area contributed by atoms with E-state index in [0.717, 1.165) is 18.1 Å². The summed E-state index contributed by atoms with van der Waals surface area (Å²) in [6.45, 7) is 4.54. The lowest BCUT2D eigenvalue weighted by Crippen LogP contribution is -2.49. The first-order valence-electron chi connectivity index (χ1n) is 9.33. The van der Waals surface area contributed by atoms with Gasteiger partial charge in [0.25, 0.3) is 0 Å². The van der Waals surface area contributed by atoms with Gasteiger partial charge in [-0.2, -0.15) is 0 Å². The number of hydrogen-bond donors (Lipinski definition) is 1. The number of piperazine rings is 1. The summed E-state index contributed by atoms with van der Waals surface area (Å²) in [7, 11) is 1.93. The molecule has 3 rings (SSSR count). The lowest BCUT2D eigenvalue weighted by Gasteiger charge is -2.35.